The van der Waals surface area contributed by atoms with Gasteiger partial charge >= 0.3 is 5.97 Å². The average Bonchev–Trinajstić information content (AvgIpc) is 2.76. The summed E-state index contributed by atoms with van der Waals surface area (Å²) in [4.78, 5) is 11.1. The quantitative estimate of drug-likeness (QED) is 0.660. The first-order chi connectivity index (χ1) is 9.54. The number of aliphatic hydroxyl groups is 3. The van der Waals surface area contributed by atoms with Crippen molar-refractivity contribution in [1.29, 1.82) is 0 Å². The summed E-state index contributed by atoms with van der Waals surface area (Å²) in [7, 11) is 1.21. The third kappa shape index (κ3) is 2.99. The molecule has 6 nitrogen and oxygen atoms in total. The lowest BCUT2D eigenvalue weighted by Gasteiger charge is -2.20. The summed E-state index contributed by atoms with van der Waals surface area (Å²) in [5, 5.41) is 29.9. The Kier molecular flexibility index (Phi) is 4.72. The molecule has 20 heavy (non-hydrogen) atoms. The molecule has 0 aromatic heterocycles. The smallest absolute Gasteiger partial charge is 0.308 e. The lowest BCUT2D eigenvalue weighted by atomic mass is 9.99. The van der Waals surface area contributed by atoms with Crippen LogP contribution in [0.2, 0.25) is 0 Å². The first kappa shape index (κ1) is 14.9. The van der Waals surface area contributed by atoms with E-state index in [4.69, 9.17) is 4.74 Å². The summed E-state index contributed by atoms with van der Waals surface area (Å²) in [5.41, 5.74) is 0.701. The van der Waals surface area contributed by atoms with Crippen molar-refractivity contribution in [3.63, 3.8) is 0 Å². The number of aliphatic hydroxyl groups excluding tert-OH is 3. The topological polar surface area (TPSA) is 96.2 Å². The molecule has 1 aromatic carbocycles. The standard InChI is InChI=1S/C14H18O6/c1-19-10(16)7-9(15)14-12(18)11(17)13(20-14)8-5-3-2-4-6-8/h2-6,9,11-15,17-18H,7H2,1H3/t9-,11+,12-,13+,14-/m1/s1. The molecule has 1 saturated heterocycles. The van der Waals surface area contributed by atoms with Crippen LogP contribution in [0.3, 0.4) is 0 Å². The molecule has 1 aromatic rings. The van der Waals surface area contributed by atoms with Gasteiger partial charge < -0.3 is 24.8 Å². The van der Waals surface area contributed by atoms with Gasteiger partial charge in [-0.15, -0.1) is 0 Å². The summed E-state index contributed by atoms with van der Waals surface area (Å²) < 4.78 is 9.98. The highest BCUT2D eigenvalue weighted by Crippen LogP contribution is 2.35. The molecule has 1 heterocycles. The van der Waals surface area contributed by atoms with Gasteiger partial charge in [0.25, 0.3) is 0 Å². The van der Waals surface area contributed by atoms with Crippen LogP contribution in [-0.2, 0) is 14.3 Å². The first-order valence-corrected chi connectivity index (χ1v) is 6.36. The van der Waals surface area contributed by atoms with E-state index in [1.807, 2.05) is 6.07 Å². The Morgan fingerprint density at radius 2 is 1.95 bits per heavy atom. The largest absolute Gasteiger partial charge is 0.469 e. The maximum Gasteiger partial charge on any atom is 0.308 e. The second-order valence-corrected chi connectivity index (χ2v) is 4.76. The Hall–Kier alpha value is -1.47. The Labute approximate surface area is 116 Å². The summed E-state index contributed by atoms with van der Waals surface area (Å²) in [5.74, 6) is -0.606. The molecule has 110 valence electrons. The molecule has 0 aliphatic carbocycles. The van der Waals surface area contributed by atoms with Gasteiger partial charge in [-0.25, -0.2) is 0 Å². The lowest BCUT2D eigenvalue weighted by Crippen LogP contribution is -2.39. The fourth-order valence-electron chi connectivity index (χ4n) is 2.31. The highest BCUT2D eigenvalue weighted by Gasteiger charge is 2.46. The van der Waals surface area contributed by atoms with Crippen molar-refractivity contribution in [2.75, 3.05) is 7.11 Å². The number of methoxy groups -OCH3 is 1. The zero-order valence-electron chi connectivity index (χ0n) is 11.0. The summed E-state index contributed by atoms with van der Waals surface area (Å²) in [6, 6.07) is 8.92. The number of esters is 1. The molecule has 0 amide bonds. The second kappa shape index (κ2) is 6.32. The Bertz CT molecular complexity index is 448. The van der Waals surface area contributed by atoms with E-state index in [0.29, 0.717) is 5.56 Å². The van der Waals surface area contributed by atoms with Crippen molar-refractivity contribution in [2.24, 2.45) is 0 Å². The molecular formula is C14H18O6. The van der Waals surface area contributed by atoms with Crippen molar-refractivity contribution in [3.8, 4) is 0 Å². The van der Waals surface area contributed by atoms with Crippen LogP contribution in [0, 0.1) is 0 Å². The van der Waals surface area contributed by atoms with Crippen molar-refractivity contribution < 1.29 is 29.6 Å². The van der Waals surface area contributed by atoms with Crippen LogP contribution in [-0.4, -0.2) is 52.8 Å². The molecule has 1 aliphatic rings. The predicted octanol–water partition coefficient (Wildman–Crippen LogP) is -0.228. The minimum Gasteiger partial charge on any atom is -0.469 e. The van der Waals surface area contributed by atoms with Gasteiger partial charge in [0.15, 0.2) is 0 Å². The molecule has 0 saturated carbocycles. The van der Waals surface area contributed by atoms with Gasteiger partial charge in [-0.2, -0.15) is 0 Å². The number of ether oxygens (including phenoxy) is 2. The number of carbonyl (C=O) groups is 1. The Balaban J connectivity index is 2.09. The molecule has 5 atom stereocenters. The highest BCUT2D eigenvalue weighted by molar-refractivity contribution is 5.69. The van der Waals surface area contributed by atoms with E-state index < -0.39 is 36.5 Å². The zero-order valence-corrected chi connectivity index (χ0v) is 11.0. The fraction of sp³-hybridized carbons (Fsp3) is 0.500. The fourth-order valence-corrected chi connectivity index (χ4v) is 2.31. The van der Waals surface area contributed by atoms with Crippen LogP contribution in [0.15, 0.2) is 30.3 Å². The molecule has 0 spiro atoms. The van der Waals surface area contributed by atoms with Crippen LogP contribution < -0.4 is 0 Å². The van der Waals surface area contributed by atoms with Gasteiger partial charge in [0, 0.05) is 0 Å². The van der Waals surface area contributed by atoms with E-state index in [1.165, 1.54) is 7.11 Å². The van der Waals surface area contributed by atoms with Crippen LogP contribution in [0.5, 0.6) is 0 Å². The SMILES string of the molecule is COC(=O)C[C@@H](O)[C@H]1O[C@@H](c2ccccc2)[C@@H](O)[C@H]1O. The van der Waals surface area contributed by atoms with Crippen molar-refractivity contribution in [3.05, 3.63) is 35.9 Å². The highest BCUT2D eigenvalue weighted by atomic mass is 16.6. The third-order valence-corrected chi connectivity index (χ3v) is 3.41. The normalized spacial score (nSPS) is 31.0. The van der Waals surface area contributed by atoms with E-state index in [2.05, 4.69) is 4.74 Å². The zero-order chi connectivity index (χ0) is 14.7. The number of hydrogen-bond donors (Lipinski definition) is 3. The number of rotatable bonds is 4. The first-order valence-electron chi connectivity index (χ1n) is 6.36. The second-order valence-electron chi connectivity index (χ2n) is 4.76. The minimum absolute atomic E-state index is 0.299. The minimum atomic E-state index is -1.26. The number of benzene rings is 1. The van der Waals surface area contributed by atoms with E-state index in [1.54, 1.807) is 24.3 Å². The van der Waals surface area contributed by atoms with Gasteiger partial charge in [-0.05, 0) is 5.56 Å². The average molecular weight is 282 g/mol. The lowest BCUT2D eigenvalue weighted by molar-refractivity contribution is -0.146. The monoisotopic (exact) mass is 282 g/mol. The number of hydrogen-bond acceptors (Lipinski definition) is 6. The molecule has 6 heteroatoms. The van der Waals surface area contributed by atoms with E-state index in [-0.39, 0.29) is 6.42 Å². The molecule has 1 aliphatic heterocycles. The number of carbonyl (C=O) groups excluding carboxylic acids is 1. The van der Waals surface area contributed by atoms with Gasteiger partial charge in [0.2, 0.25) is 0 Å². The van der Waals surface area contributed by atoms with Crippen molar-refractivity contribution in [1.82, 2.24) is 0 Å². The van der Waals surface area contributed by atoms with Gasteiger partial charge in [-0.3, -0.25) is 4.79 Å². The molecular weight excluding hydrogens is 264 g/mol. The van der Waals surface area contributed by atoms with E-state index in [0.717, 1.165) is 0 Å². The van der Waals surface area contributed by atoms with Crippen LogP contribution in [0.25, 0.3) is 0 Å². The molecule has 1 fully saturated rings. The van der Waals surface area contributed by atoms with Crippen molar-refractivity contribution >= 4 is 5.97 Å². The van der Waals surface area contributed by atoms with Crippen molar-refractivity contribution in [2.45, 2.75) is 36.9 Å². The van der Waals surface area contributed by atoms with E-state index >= 15 is 0 Å². The maximum absolute atomic E-state index is 11.1. The molecule has 2 rings (SSSR count). The Morgan fingerprint density at radius 1 is 1.30 bits per heavy atom. The predicted molar refractivity (Wildman–Crippen MR) is 68.7 cm³/mol. The third-order valence-electron chi connectivity index (χ3n) is 3.41. The van der Waals surface area contributed by atoms with Gasteiger partial charge in [-0.1, -0.05) is 30.3 Å². The summed E-state index contributed by atoms with van der Waals surface area (Å²) in [6.45, 7) is 0. The maximum atomic E-state index is 11.1. The Morgan fingerprint density at radius 3 is 2.55 bits per heavy atom. The van der Waals surface area contributed by atoms with E-state index in [9.17, 15) is 20.1 Å². The summed E-state index contributed by atoms with van der Waals surface area (Å²) in [6.07, 6.45) is -5.72. The van der Waals surface area contributed by atoms with Crippen LogP contribution >= 0.6 is 0 Å². The van der Waals surface area contributed by atoms with Gasteiger partial charge in [0.05, 0.1) is 19.6 Å². The van der Waals surface area contributed by atoms with Crippen LogP contribution in [0.4, 0.5) is 0 Å². The molecule has 0 radical (unpaired) electrons. The van der Waals surface area contributed by atoms with Gasteiger partial charge in [0.1, 0.15) is 24.4 Å². The summed E-state index contributed by atoms with van der Waals surface area (Å²) >= 11 is 0. The molecule has 0 unspecified atom stereocenters. The molecule has 3 N–H and O–H groups in total. The molecule has 0 bridgehead atoms. The van der Waals surface area contributed by atoms with Crippen LogP contribution in [0.1, 0.15) is 18.1 Å².